The first-order valence-corrected chi connectivity index (χ1v) is 8.78. The van der Waals surface area contributed by atoms with Crippen LogP contribution in [0.25, 0.3) is 0 Å². The van der Waals surface area contributed by atoms with E-state index in [1.807, 2.05) is 11.7 Å². The Hall–Kier alpha value is -0.420. The average molecular weight is 345 g/mol. The van der Waals surface area contributed by atoms with Gasteiger partial charge in [-0.3, -0.25) is 0 Å². The molecular formula is C15H29BrN4. The van der Waals surface area contributed by atoms with E-state index in [-0.39, 0.29) is 0 Å². The van der Waals surface area contributed by atoms with Gasteiger partial charge >= 0.3 is 0 Å². The van der Waals surface area contributed by atoms with E-state index in [1.165, 1.54) is 44.2 Å². The highest BCUT2D eigenvalue weighted by molar-refractivity contribution is 9.10. The van der Waals surface area contributed by atoms with Crippen LogP contribution >= 0.6 is 15.9 Å². The van der Waals surface area contributed by atoms with Crippen molar-refractivity contribution < 1.29 is 0 Å². The van der Waals surface area contributed by atoms with Gasteiger partial charge < -0.3 is 5.32 Å². The Balaban J connectivity index is 2.44. The van der Waals surface area contributed by atoms with Gasteiger partial charge in [0.1, 0.15) is 0 Å². The minimum absolute atomic E-state index is 0.357. The molecule has 0 aromatic carbocycles. The summed E-state index contributed by atoms with van der Waals surface area (Å²) in [6.45, 7) is 5.50. The van der Waals surface area contributed by atoms with E-state index >= 15 is 0 Å². The fraction of sp³-hybridized carbons (Fsp3) is 0.867. The number of aromatic nitrogens is 3. The van der Waals surface area contributed by atoms with Gasteiger partial charge in [0.15, 0.2) is 4.60 Å². The van der Waals surface area contributed by atoms with E-state index in [2.05, 4.69) is 45.4 Å². The Morgan fingerprint density at radius 3 is 2.40 bits per heavy atom. The van der Waals surface area contributed by atoms with Crippen LogP contribution in [0.4, 0.5) is 0 Å². The van der Waals surface area contributed by atoms with Crippen molar-refractivity contribution in [2.45, 2.75) is 71.3 Å². The molecule has 0 bridgehead atoms. The van der Waals surface area contributed by atoms with Gasteiger partial charge in [-0.25, -0.2) is 4.68 Å². The number of nitrogens with one attached hydrogen (secondary N) is 1. The van der Waals surface area contributed by atoms with Crippen LogP contribution in [0, 0.1) is 0 Å². The Bertz CT molecular complexity index is 345. The lowest BCUT2D eigenvalue weighted by Crippen LogP contribution is -2.24. The van der Waals surface area contributed by atoms with Gasteiger partial charge in [0.25, 0.3) is 0 Å². The Labute approximate surface area is 131 Å². The minimum Gasteiger partial charge on any atom is -0.309 e. The minimum atomic E-state index is 0.357. The average Bonchev–Trinajstić information content (AvgIpc) is 2.77. The predicted molar refractivity (Wildman–Crippen MR) is 87.7 cm³/mol. The third kappa shape index (κ3) is 5.92. The highest BCUT2D eigenvalue weighted by Gasteiger charge is 2.18. The maximum Gasteiger partial charge on any atom is 0.153 e. The molecular weight excluding hydrogens is 316 g/mol. The van der Waals surface area contributed by atoms with Crippen molar-refractivity contribution in [1.29, 1.82) is 0 Å². The third-order valence-electron chi connectivity index (χ3n) is 3.64. The van der Waals surface area contributed by atoms with Crippen LogP contribution < -0.4 is 5.32 Å². The number of unbranched alkanes of at least 4 members (excludes halogenated alkanes) is 5. The molecule has 1 unspecified atom stereocenters. The number of hydrogen-bond acceptors (Lipinski definition) is 3. The van der Waals surface area contributed by atoms with Gasteiger partial charge in [-0.2, -0.15) is 0 Å². The van der Waals surface area contributed by atoms with Gasteiger partial charge in [-0.15, -0.1) is 5.10 Å². The maximum absolute atomic E-state index is 4.10. The summed E-state index contributed by atoms with van der Waals surface area (Å²) in [5, 5.41) is 11.8. The summed E-state index contributed by atoms with van der Waals surface area (Å²) in [6, 6.07) is 0.357. The molecule has 1 N–H and O–H groups in total. The second-order valence-electron chi connectivity index (χ2n) is 5.45. The molecule has 0 aliphatic rings. The molecule has 0 aliphatic heterocycles. The van der Waals surface area contributed by atoms with E-state index in [1.54, 1.807) is 0 Å². The van der Waals surface area contributed by atoms with Crippen molar-refractivity contribution in [3.8, 4) is 0 Å². The van der Waals surface area contributed by atoms with Gasteiger partial charge in [-0.05, 0) is 35.3 Å². The zero-order valence-corrected chi connectivity index (χ0v) is 14.7. The van der Waals surface area contributed by atoms with Crippen LogP contribution in [-0.4, -0.2) is 21.5 Å². The SMILES string of the molecule is CCCCCCCCC(NCCC)c1c(Br)nnn1C. The molecule has 1 heterocycles. The topological polar surface area (TPSA) is 42.7 Å². The van der Waals surface area contributed by atoms with Crippen molar-refractivity contribution in [2.75, 3.05) is 6.54 Å². The monoisotopic (exact) mass is 344 g/mol. The van der Waals surface area contributed by atoms with Crippen molar-refractivity contribution in [3.63, 3.8) is 0 Å². The maximum atomic E-state index is 4.10. The Kier molecular flexibility index (Phi) is 9.10. The van der Waals surface area contributed by atoms with Crippen LogP contribution in [-0.2, 0) is 7.05 Å². The highest BCUT2D eigenvalue weighted by atomic mass is 79.9. The van der Waals surface area contributed by atoms with Crippen LogP contribution in [0.15, 0.2) is 4.60 Å². The first kappa shape index (κ1) is 17.6. The molecule has 0 amide bonds. The molecule has 0 aliphatic carbocycles. The summed E-state index contributed by atoms with van der Waals surface area (Å²) in [4.78, 5) is 0. The van der Waals surface area contributed by atoms with Crippen LogP contribution in [0.5, 0.6) is 0 Å². The third-order valence-corrected chi connectivity index (χ3v) is 4.21. The van der Waals surface area contributed by atoms with E-state index in [9.17, 15) is 0 Å². The number of hydrogen-bond donors (Lipinski definition) is 1. The molecule has 0 radical (unpaired) electrons. The number of halogens is 1. The van der Waals surface area contributed by atoms with E-state index < -0.39 is 0 Å². The summed E-state index contributed by atoms with van der Waals surface area (Å²) in [7, 11) is 1.97. The smallest absolute Gasteiger partial charge is 0.153 e. The quantitative estimate of drug-likeness (QED) is 0.606. The van der Waals surface area contributed by atoms with Gasteiger partial charge in [-0.1, -0.05) is 57.6 Å². The Morgan fingerprint density at radius 2 is 1.80 bits per heavy atom. The number of rotatable bonds is 11. The standard InChI is InChI=1S/C15H29BrN4/c1-4-6-7-8-9-10-11-13(17-12-5-2)14-15(16)18-19-20(14)3/h13,17H,4-12H2,1-3H3. The van der Waals surface area contributed by atoms with Crippen molar-refractivity contribution in [3.05, 3.63) is 10.3 Å². The Morgan fingerprint density at radius 1 is 1.10 bits per heavy atom. The lowest BCUT2D eigenvalue weighted by molar-refractivity contribution is 0.441. The van der Waals surface area contributed by atoms with E-state index in [0.29, 0.717) is 6.04 Å². The molecule has 0 saturated heterocycles. The zero-order chi connectivity index (χ0) is 14.8. The highest BCUT2D eigenvalue weighted by Crippen LogP contribution is 2.25. The molecule has 1 rings (SSSR count). The molecule has 1 aromatic heterocycles. The predicted octanol–water partition coefficient (Wildman–Crippen LogP) is 4.37. The molecule has 0 fully saturated rings. The second kappa shape index (κ2) is 10.3. The van der Waals surface area contributed by atoms with E-state index in [4.69, 9.17) is 0 Å². The summed E-state index contributed by atoms with van der Waals surface area (Å²) >= 11 is 3.52. The molecule has 20 heavy (non-hydrogen) atoms. The fourth-order valence-electron chi connectivity index (χ4n) is 2.49. The lowest BCUT2D eigenvalue weighted by Gasteiger charge is -2.18. The first-order chi connectivity index (χ1) is 9.70. The van der Waals surface area contributed by atoms with Crippen molar-refractivity contribution in [1.82, 2.24) is 20.3 Å². The molecule has 0 spiro atoms. The van der Waals surface area contributed by atoms with Gasteiger partial charge in [0, 0.05) is 7.05 Å². The lowest BCUT2D eigenvalue weighted by atomic mass is 10.0. The molecule has 0 saturated carbocycles. The zero-order valence-electron chi connectivity index (χ0n) is 13.2. The fourth-order valence-corrected chi connectivity index (χ4v) is 3.10. The van der Waals surface area contributed by atoms with Gasteiger partial charge in [0.05, 0.1) is 11.7 Å². The summed E-state index contributed by atoms with van der Waals surface area (Å²) < 4.78 is 2.76. The summed E-state index contributed by atoms with van der Waals surface area (Å²) in [5.74, 6) is 0. The molecule has 116 valence electrons. The van der Waals surface area contributed by atoms with Gasteiger partial charge in [0.2, 0.25) is 0 Å². The molecule has 5 heteroatoms. The van der Waals surface area contributed by atoms with Crippen molar-refractivity contribution in [2.24, 2.45) is 7.05 Å². The van der Waals surface area contributed by atoms with E-state index in [0.717, 1.165) is 24.0 Å². The molecule has 4 nitrogen and oxygen atoms in total. The summed E-state index contributed by atoms with van der Waals surface area (Å²) in [5.41, 5.74) is 1.17. The normalized spacial score (nSPS) is 12.8. The number of aryl methyl sites for hydroxylation is 1. The summed E-state index contributed by atoms with van der Waals surface area (Å²) in [6.07, 6.45) is 10.3. The first-order valence-electron chi connectivity index (χ1n) is 7.99. The molecule has 1 aromatic rings. The van der Waals surface area contributed by atoms with Crippen LogP contribution in [0.1, 0.15) is 76.9 Å². The molecule has 1 atom stereocenters. The second-order valence-corrected chi connectivity index (χ2v) is 6.20. The largest absolute Gasteiger partial charge is 0.309 e. The van der Waals surface area contributed by atoms with Crippen LogP contribution in [0.2, 0.25) is 0 Å². The van der Waals surface area contributed by atoms with Crippen molar-refractivity contribution >= 4 is 15.9 Å². The van der Waals surface area contributed by atoms with Crippen LogP contribution in [0.3, 0.4) is 0 Å². The number of nitrogens with zero attached hydrogens (tertiary/aromatic N) is 3.